The first-order chi connectivity index (χ1) is 8.42. The molecule has 0 radical (unpaired) electrons. The van der Waals surface area contributed by atoms with Crippen molar-refractivity contribution in [2.45, 2.75) is 19.8 Å². The van der Waals surface area contributed by atoms with E-state index >= 15 is 0 Å². The van der Waals surface area contributed by atoms with Crippen LogP contribution in [0.5, 0.6) is 0 Å². The van der Waals surface area contributed by atoms with E-state index in [2.05, 4.69) is 0 Å². The molecule has 1 fully saturated rings. The van der Waals surface area contributed by atoms with Crippen molar-refractivity contribution in [2.75, 3.05) is 13.1 Å². The van der Waals surface area contributed by atoms with E-state index in [1.165, 1.54) is 11.3 Å². The second-order valence-electron chi connectivity index (χ2n) is 4.76. The molecule has 1 aromatic rings. The molecule has 0 aliphatic carbocycles. The van der Waals surface area contributed by atoms with Crippen LogP contribution in [0.25, 0.3) is 0 Å². The third-order valence-corrected chi connectivity index (χ3v) is 4.67. The summed E-state index contributed by atoms with van der Waals surface area (Å²) in [6, 6.07) is 3.41. The van der Waals surface area contributed by atoms with Crippen LogP contribution in [0.2, 0.25) is 4.34 Å². The quantitative estimate of drug-likeness (QED) is 0.910. The van der Waals surface area contributed by atoms with Gasteiger partial charge in [0.1, 0.15) is 0 Å². The number of hydrogen-bond donors (Lipinski definition) is 1. The molecule has 0 saturated carbocycles. The fourth-order valence-electron chi connectivity index (χ4n) is 2.00. The monoisotopic (exact) mass is 287 g/mol. The van der Waals surface area contributed by atoms with Crippen LogP contribution >= 0.6 is 22.9 Å². The van der Waals surface area contributed by atoms with Gasteiger partial charge in [0.05, 0.1) is 14.6 Å². The molecule has 1 N–H and O–H groups in total. The van der Waals surface area contributed by atoms with Crippen LogP contribution < -0.4 is 0 Å². The maximum atomic E-state index is 12.1. The summed E-state index contributed by atoms with van der Waals surface area (Å²) in [5.74, 6) is -0.840. The maximum Gasteiger partial charge on any atom is 0.309 e. The minimum absolute atomic E-state index is 0.0562. The average molecular weight is 288 g/mol. The van der Waals surface area contributed by atoms with E-state index in [1.807, 2.05) is 0 Å². The number of amides is 1. The summed E-state index contributed by atoms with van der Waals surface area (Å²) >= 11 is 7.05. The minimum Gasteiger partial charge on any atom is -0.481 e. The zero-order chi connectivity index (χ0) is 13.3. The second kappa shape index (κ2) is 4.90. The Morgan fingerprint density at radius 2 is 2.00 bits per heavy atom. The number of nitrogens with zero attached hydrogens (tertiary/aromatic N) is 1. The molecule has 1 aliphatic heterocycles. The molecule has 1 aliphatic rings. The van der Waals surface area contributed by atoms with Gasteiger partial charge in [-0.15, -0.1) is 11.3 Å². The molecule has 0 aromatic carbocycles. The summed E-state index contributed by atoms with van der Waals surface area (Å²) in [5.41, 5.74) is -0.704. The smallest absolute Gasteiger partial charge is 0.309 e. The van der Waals surface area contributed by atoms with Gasteiger partial charge in [-0.2, -0.15) is 0 Å². The van der Waals surface area contributed by atoms with Gasteiger partial charge < -0.3 is 10.0 Å². The normalized spacial score (nSPS) is 18.7. The van der Waals surface area contributed by atoms with Gasteiger partial charge in [0.25, 0.3) is 5.91 Å². The summed E-state index contributed by atoms with van der Waals surface area (Å²) in [5, 5.41) is 9.12. The first-order valence-corrected chi connectivity index (χ1v) is 6.90. The van der Waals surface area contributed by atoms with E-state index in [-0.39, 0.29) is 5.91 Å². The van der Waals surface area contributed by atoms with E-state index in [0.717, 1.165) is 0 Å². The van der Waals surface area contributed by atoms with Crippen molar-refractivity contribution in [3.8, 4) is 0 Å². The molecule has 0 spiro atoms. The average Bonchev–Trinajstić information content (AvgIpc) is 2.76. The van der Waals surface area contributed by atoms with Crippen molar-refractivity contribution in [1.82, 2.24) is 4.90 Å². The van der Waals surface area contributed by atoms with Gasteiger partial charge in [0.2, 0.25) is 0 Å². The Morgan fingerprint density at radius 3 is 2.44 bits per heavy atom. The molecule has 6 heteroatoms. The number of halogens is 1. The third-order valence-electron chi connectivity index (χ3n) is 3.45. The maximum absolute atomic E-state index is 12.1. The molecular formula is C12H14ClNO3S. The number of piperidine rings is 1. The standard InChI is InChI=1S/C12H14ClNO3S/c1-12(11(16)17)4-6-14(7-5-12)10(15)8-2-3-9(13)18-8/h2-3H,4-7H2,1H3,(H,16,17). The fraction of sp³-hybridized carbons (Fsp3) is 0.500. The first-order valence-electron chi connectivity index (χ1n) is 5.70. The lowest BCUT2D eigenvalue weighted by molar-refractivity contribution is -0.150. The lowest BCUT2D eigenvalue weighted by atomic mass is 9.80. The SMILES string of the molecule is CC1(C(=O)O)CCN(C(=O)c2ccc(Cl)s2)CC1. The van der Waals surface area contributed by atoms with Crippen LogP contribution in [0.1, 0.15) is 29.4 Å². The number of likely N-dealkylation sites (tertiary alicyclic amines) is 1. The summed E-state index contributed by atoms with van der Waals surface area (Å²) in [6.45, 7) is 2.70. The lowest BCUT2D eigenvalue weighted by Crippen LogP contribution is -2.45. The van der Waals surface area contributed by atoms with E-state index in [4.69, 9.17) is 16.7 Å². The summed E-state index contributed by atoms with van der Waals surface area (Å²) in [6.07, 6.45) is 0.986. The van der Waals surface area contributed by atoms with Crippen LogP contribution in [0.3, 0.4) is 0 Å². The number of carboxylic acid groups (broad SMARTS) is 1. The molecule has 2 rings (SSSR count). The van der Waals surface area contributed by atoms with Gasteiger partial charge in [-0.25, -0.2) is 0 Å². The molecule has 1 saturated heterocycles. The molecule has 4 nitrogen and oxygen atoms in total. The van der Waals surface area contributed by atoms with Crippen molar-refractivity contribution in [2.24, 2.45) is 5.41 Å². The van der Waals surface area contributed by atoms with E-state index in [1.54, 1.807) is 24.0 Å². The Hall–Kier alpha value is -1.07. The highest BCUT2D eigenvalue weighted by molar-refractivity contribution is 7.17. The van der Waals surface area contributed by atoms with Crippen LogP contribution in [0.4, 0.5) is 0 Å². The number of hydrogen-bond acceptors (Lipinski definition) is 3. The van der Waals surface area contributed by atoms with Crippen LogP contribution in [-0.2, 0) is 4.79 Å². The fourth-order valence-corrected chi connectivity index (χ4v) is 3.01. The number of aliphatic carboxylic acids is 1. The van der Waals surface area contributed by atoms with Crippen molar-refractivity contribution < 1.29 is 14.7 Å². The highest BCUT2D eigenvalue weighted by atomic mass is 35.5. The van der Waals surface area contributed by atoms with E-state index in [0.29, 0.717) is 35.1 Å². The van der Waals surface area contributed by atoms with Crippen molar-refractivity contribution in [3.05, 3.63) is 21.3 Å². The second-order valence-corrected chi connectivity index (χ2v) is 6.48. The van der Waals surface area contributed by atoms with Crippen molar-refractivity contribution in [3.63, 3.8) is 0 Å². The Morgan fingerprint density at radius 1 is 1.39 bits per heavy atom. The summed E-state index contributed by atoms with van der Waals surface area (Å²) in [4.78, 5) is 25.5. The van der Waals surface area contributed by atoms with Crippen LogP contribution in [0, 0.1) is 5.41 Å². The Bertz CT molecular complexity index is 477. The van der Waals surface area contributed by atoms with E-state index < -0.39 is 11.4 Å². The zero-order valence-corrected chi connectivity index (χ0v) is 11.6. The highest BCUT2D eigenvalue weighted by Gasteiger charge is 2.38. The van der Waals surface area contributed by atoms with Gasteiger partial charge >= 0.3 is 5.97 Å². The molecule has 2 heterocycles. The van der Waals surface area contributed by atoms with Crippen LogP contribution in [-0.4, -0.2) is 35.0 Å². The Balaban J connectivity index is 2.02. The number of thiophene rings is 1. The number of carbonyl (C=O) groups excluding carboxylic acids is 1. The van der Waals surface area contributed by atoms with Crippen molar-refractivity contribution in [1.29, 1.82) is 0 Å². The van der Waals surface area contributed by atoms with E-state index in [9.17, 15) is 9.59 Å². The van der Waals surface area contributed by atoms with Gasteiger partial charge in [-0.3, -0.25) is 9.59 Å². The molecule has 0 unspecified atom stereocenters. The molecular weight excluding hydrogens is 274 g/mol. The number of carboxylic acids is 1. The molecule has 1 amide bonds. The van der Waals surface area contributed by atoms with Gasteiger partial charge in [0, 0.05) is 13.1 Å². The summed E-state index contributed by atoms with van der Waals surface area (Å²) in [7, 11) is 0. The van der Waals surface area contributed by atoms with Gasteiger partial charge in [-0.05, 0) is 31.9 Å². The molecule has 98 valence electrons. The predicted molar refractivity (Wildman–Crippen MR) is 70.2 cm³/mol. The summed E-state index contributed by atoms with van der Waals surface area (Å²) < 4.78 is 0.589. The third kappa shape index (κ3) is 2.52. The molecule has 0 atom stereocenters. The molecule has 0 bridgehead atoms. The number of rotatable bonds is 2. The Kier molecular flexibility index (Phi) is 3.64. The molecule has 18 heavy (non-hydrogen) atoms. The van der Waals surface area contributed by atoms with Gasteiger partial charge in [-0.1, -0.05) is 11.6 Å². The topological polar surface area (TPSA) is 57.6 Å². The van der Waals surface area contributed by atoms with Crippen LogP contribution in [0.15, 0.2) is 12.1 Å². The Labute approximate surface area is 114 Å². The first kappa shape index (κ1) is 13.4. The minimum atomic E-state index is -0.784. The zero-order valence-electron chi connectivity index (χ0n) is 9.98. The largest absolute Gasteiger partial charge is 0.481 e. The predicted octanol–water partition coefficient (Wildman–Crippen LogP) is 2.73. The number of carbonyl (C=O) groups is 2. The van der Waals surface area contributed by atoms with Gasteiger partial charge in [0.15, 0.2) is 0 Å². The van der Waals surface area contributed by atoms with Crippen molar-refractivity contribution >= 4 is 34.8 Å². The molecule has 1 aromatic heterocycles. The lowest BCUT2D eigenvalue weighted by Gasteiger charge is -2.36. The highest BCUT2D eigenvalue weighted by Crippen LogP contribution is 2.32.